The number of rotatable bonds is 1. The van der Waals surface area contributed by atoms with Gasteiger partial charge in [0.05, 0.1) is 5.57 Å². The lowest BCUT2D eigenvalue weighted by molar-refractivity contribution is 0.0990. The van der Waals surface area contributed by atoms with Gasteiger partial charge in [-0.2, -0.15) is 0 Å². The van der Waals surface area contributed by atoms with Crippen molar-refractivity contribution in [2.75, 3.05) is 18.0 Å². The van der Waals surface area contributed by atoms with E-state index in [9.17, 15) is 9.59 Å². The van der Waals surface area contributed by atoms with Gasteiger partial charge in [-0.1, -0.05) is 52.0 Å². The zero-order valence-electron chi connectivity index (χ0n) is 19.8. The molecule has 166 valence electrons. The third-order valence-electron chi connectivity index (χ3n) is 8.10. The van der Waals surface area contributed by atoms with Crippen molar-refractivity contribution in [1.29, 1.82) is 0 Å². The highest BCUT2D eigenvalue weighted by molar-refractivity contribution is 6.42. The minimum Gasteiger partial charge on any atom is -0.371 e. The number of ketones is 2. The Morgan fingerprint density at radius 1 is 0.758 bits per heavy atom. The zero-order valence-corrected chi connectivity index (χ0v) is 19.8. The number of Topliss-reactive ketones (excluding diaryl/α,β-unsaturated/α-hetero) is 2. The van der Waals surface area contributed by atoms with Gasteiger partial charge in [-0.15, -0.1) is 0 Å². The molecule has 0 aromatic heterocycles. The number of allylic oxidation sites excluding steroid dienone is 1. The summed E-state index contributed by atoms with van der Waals surface area (Å²) >= 11 is 0. The predicted molar refractivity (Wildman–Crippen MR) is 135 cm³/mol. The molecule has 0 bridgehead atoms. The lowest BCUT2D eigenvalue weighted by atomic mass is 9.69. The summed E-state index contributed by atoms with van der Waals surface area (Å²) in [6.07, 6.45) is 4.05. The molecule has 3 nitrogen and oxygen atoms in total. The number of hydrogen-bond donors (Lipinski definition) is 0. The summed E-state index contributed by atoms with van der Waals surface area (Å²) in [5.74, 6) is -0.320. The monoisotopic (exact) mass is 435 g/mol. The van der Waals surface area contributed by atoms with Crippen LogP contribution in [0.15, 0.2) is 54.1 Å². The minimum atomic E-state index is -0.160. The summed E-state index contributed by atoms with van der Waals surface area (Å²) < 4.78 is 0. The topological polar surface area (TPSA) is 37.4 Å². The summed E-state index contributed by atoms with van der Waals surface area (Å²) in [5, 5.41) is 1.97. The van der Waals surface area contributed by atoms with Crippen molar-refractivity contribution < 1.29 is 9.59 Å². The maximum absolute atomic E-state index is 13.3. The van der Waals surface area contributed by atoms with Crippen molar-refractivity contribution in [2.45, 2.75) is 51.4 Å². The molecule has 6 rings (SSSR count). The van der Waals surface area contributed by atoms with Gasteiger partial charge in [-0.25, -0.2) is 0 Å². The molecule has 0 amide bonds. The summed E-state index contributed by atoms with van der Waals surface area (Å²) in [5.41, 5.74) is 6.48. The van der Waals surface area contributed by atoms with E-state index in [-0.39, 0.29) is 28.0 Å². The summed E-state index contributed by atoms with van der Waals surface area (Å²) in [4.78, 5) is 29.2. The fourth-order valence-corrected chi connectivity index (χ4v) is 5.85. The van der Waals surface area contributed by atoms with Crippen LogP contribution in [0.5, 0.6) is 0 Å². The number of anilines is 1. The van der Waals surface area contributed by atoms with Crippen LogP contribution in [-0.4, -0.2) is 24.7 Å². The van der Waals surface area contributed by atoms with Crippen molar-refractivity contribution in [3.05, 3.63) is 81.9 Å². The molecule has 0 N–H and O–H groups in total. The second-order valence-corrected chi connectivity index (χ2v) is 11.2. The van der Waals surface area contributed by atoms with Crippen molar-refractivity contribution in [2.24, 2.45) is 0 Å². The van der Waals surface area contributed by atoms with Gasteiger partial charge in [0, 0.05) is 29.9 Å². The Kier molecular flexibility index (Phi) is 4.12. The molecule has 2 aliphatic heterocycles. The molecule has 0 fully saturated rings. The largest absolute Gasteiger partial charge is 0.371 e. The highest BCUT2D eigenvalue weighted by atomic mass is 16.2. The Morgan fingerprint density at radius 2 is 1.24 bits per heavy atom. The van der Waals surface area contributed by atoms with Gasteiger partial charge in [0.15, 0.2) is 11.6 Å². The highest BCUT2D eigenvalue weighted by Crippen LogP contribution is 2.49. The fourth-order valence-electron chi connectivity index (χ4n) is 5.85. The van der Waals surface area contributed by atoms with Gasteiger partial charge in [-0.05, 0) is 81.5 Å². The zero-order chi connectivity index (χ0) is 23.1. The van der Waals surface area contributed by atoms with E-state index < -0.39 is 0 Å². The molecule has 0 spiro atoms. The van der Waals surface area contributed by atoms with E-state index in [1.54, 1.807) is 0 Å². The molecule has 3 aliphatic rings. The van der Waals surface area contributed by atoms with Gasteiger partial charge in [0.25, 0.3) is 0 Å². The van der Waals surface area contributed by atoms with Gasteiger partial charge < -0.3 is 4.90 Å². The van der Waals surface area contributed by atoms with E-state index in [1.165, 1.54) is 16.8 Å². The number of nitrogens with zero attached hydrogens (tertiary/aromatic N) is 1. The summed E-state index contributed by atoms with van der Waals surface area (Å²) in [6, 6.07) is 16.1. The SMILES string of the molecule is CC1(C)CCN2CCC(C)(C)c3cc(C=C4C(=O)c5cc6ccccc6cc5C4=O)cc1c32. The first-order valence-corrected chi connectivity index (χ1v) is 11.9. The van der Waals surface area contributed by atoms with E-state index in [2.05, 4.69) is 44.7 Å². The number of carbonyl (C=O) groups excluding carboxylic acids is 2. The summed E-state index contributed by atoms with van der Waals surface area (Å²) in [6.45, 7) is 11.4. The molecule has 2 heterocycles. The normalized spacial score (nSPS) is 20.1. The average Bonchev–Trinajstić information content (AvgIpc) is 3.01. The van der Waals surface area contributed by atoms with E-state index in [4.69, 9.17) is 0 Å². The Labute approximate surface area is 195 Å². The molecule has 0 atom stereocenters. The van der Waals surface area contributed by atoms with Crippen molar-refractivity contribution >= 4 is 34.1 Å². The van der Waals surface area contributed by atoms with Crippen LogP contribution in [0.4, 0.5) is 5.69 Å². The molecule has 3 aromatic rings. The van der Waals surface area contributed by atoms with E-state index in [1.807, 2.05) is 42.5 Å². The molecule has 0 radical (unpaired) electrons. The van der Waals surface area contributed by atoms with Gasteiger partial charge >= 0.3 is 0 Å². The number of fused-ring (bicyclic) bond motifs is 2. The Bertz CT molecular complexity index is 1310. The third kappa shape index (κ3) is 2.95. The van der Waals surface area contributed by atoms with Crippen LogP contribution < -0.4 is 4.90 Å². The Morgan fingerprint density at radius 3 is 1.73 bits per heavy atom. The molecule has 0 saturated heterocycles. The quantitative estimate of drug-likeness (QED) is 0.325. The van der Waals surface area contributed by atoms with Crippen molar-refractivity contribution in [3.8, 4) is 0 Å². The average molecular weight is 436 g/mol. The molecular formula is C30H29NO2. The fraction of sp³-hybridized carbons (Fsp3) is 0.333. The first kappa shape index (κ1) is 20.4. The van der Waals surface area contributed by atoms with Crippen LogP contribution in [0.25, 0.3) is 16.8 Å². The van der Waals surface area contributed by atoms with Gasteiger partial charge in [-0.3, -0.25) is 9.59 Å². The van der Waals surface area contributed by atoms with Crippen molar-refractivity contribution in [1.82, 2.24) is 0 Å². The Balaban J connectivity index is 1.52. The van der Waals surface area contributed by atoms with Gasteiger partial charge in [0.1, 0.15) is 0 Å². The number of carbonyl (C=O) groups is 2. The number of hydrogen-bond acceptors (Lipinski definition) is 3. The molecular weight excluding hydrogens is 406 g/mol. The van der Waals surface area contributed by atoms with Crippen LogP contribution in [-0.2, 0) is 10.8 Å². The molecule has 1 aliphatic carbocycles. The predicted octanol–water partition coefficient (Wildman–Crippen LogP) is 6.47. The standard InChI is InChI=1S/C30H29NO2/c1-29(2)9-11-31-12-10-30(3,4)25-15-18(14-24(29)26(25)31)13-23-27(32)21-16-19-7-5-6-8-20(19)17-22(21)28(23)33/h5-8,13-17H,9-12H2,1-4H3. The molecule has 33 heavy (non-hydrogen) atoms. The molecule has 3 aromatic carbocycles. The first-order valence-electron chi connectivity index (χ1n) is 11.9. The van der Waals surface area contributed by atoms with E-state index in [0.29, 0.717) is 11.1 Å². The van der Waals surface area contributed by atoms with Crippen molar-refractivity contribution in [3.63, 3.8) is 0 Å². The molecule has 0 saturated carbocycles. The highest BCUT2D eigenvalue weighted by Gasteiger charge is 2.40. The van der Waals surface area contributed by atoms with E-state index in [0.717, 1.165) is 42.3 Å². The van der Waals surface area contributed by atoms with Crippen LogP contribution in [0.1, 0.15) is 77.9 Å². The van der Waals surface area contributed by atoms with Gasteiger partial charge in [0.2, 0.25) is 0 Å². The minimum absolute atomic E-state index is 0.0624. The second kappa shape index (κ2) is 6.66. The van der Waals surface area contributed by atoms with E-state index >= 15 is 0 Å². The number of benzene rings is 3. The van der Waals surface area contributed by atoms with Crippen LogP contribution >= 0.6 is 0 Å². The van der Waals surface area contributed by atoms with Crippen LogP contribution in [0.2, 0.25) is 0 Å². The summed E-state index contributed by atoms with van der Waals surface area (Å²) in [7, 11) is 0. The van der Waals surface area contributed by atoms with Crippen LogP contribution in [0.3, 0.4) is 0 Å². The maximum atomic E-state index is 13.3. The smallest absolute Gasteiger partial charge is 0.197 e. The maximum Gasteiger partial charge on any atom is 0.197 e. The first-order chi connectivity index (χ1) is 15.7. The lowest BCUT2D eigenvalue weighted by Gasteiger charge is -2.48. The Hall–Kier alpha value is -3.20. The lowest BCUT2D eigenvalue weighted by Crippen LogP contribution is -2.44. The third-order valence-corrected chi connectivity index (χ3v) is 8.10. The molecule has 3 heteroatoms. The van der Waals surface area contributed by atoms with Crippen LogP contribution in [0, 0.1) is 0 Å². The molecule has 0 unspecified atom stereocenters. The second-order valence-electron chi connectivity index (χ2n) is 11.2.